The molecule has 3 rings (SSSR count). The summed E-state index contributed by atoms with van der Waals surface area (Å²) in [7, 11) is 0. The summed E-state index contributed by atoms with van der Waals surface area (Å²) in [6, 6.07) is 15.3. The summed E-state index contributed by atoms with van der Waals surface area (Å²) >= 11 is 0. The van der Waals surface area contributed by atoms with E-state index < -0.39 is 0 Å². The summed E-state index contributed by atoms with van der Waals surface area (Å²) in [4.78, 5) is 0. The van der Waals surface area contributed by atoms with Crippen LogP contribution in [0, 0.1) is 0 Å². The van der Waals surface area contributed by atoms with Crippen molar-refractivity contribution in [1.29, 1.82) is 0 Å². The minimum atomic E-state index is -0.0558. The maximum Gasteiger partial charge on any atom is 0.197 e. The SMILES string of the molecule is Oc1ccc(Cc2cc(O)n(Cc3ccccc3)c2O)c(O)c1. The molecule has 0 atom stereocenters. The third-order valence-corrected chi connectivity index (χ3v) is 3.76. The zero-order chi connectivity index (χ0) is 16.4. The molecular formula is C18H17NO4. The average Bonchev–Trinajstić information content (AvgIpc) is 2.79. The number of nitrogens with zero attached hydrogens (tertiary/aromatic N) is 1. The van der Waals surface area contributed by atoms with Gasteiger partial charge in [0, 0.05) is 24.1 Å². The predicted molar refractivity (Wildman–Crippen MR) is 85.9 cm³/mol. The second kappa shape index (κ2) is 5.96. The molecule has 0 saturated carbocycles. The lowest BCUT2D eigenvalue weighted by molar-refractivity contribution is 0.375. The highest BCUT2D eigenvalue weighted by molar-refractivity contribution is 5.45. The van der Waals surface area contributed by atoms with Gasteiger partial charge in [-0.15, -0.1) is 0 Å². The van der Waals surface area contributed by atoms with Crippen LogP contribution in [-0.2, 0) is 13.0 Å². The first kappa shape index (κ1) is 14.8. The monoisotopic (exact) mass is 311 g/mol. The van der Waals surface area contributed by atoms with E-state index in [1.807, 2.05) is 30.3 Å². The van der Waals surface area contributed by atoms with Gasteiger partial charge in [-0.05, 0) is 17.2 Å². The quantitative estimate of drug-likeness (QED) is 0.597. The number of phenols is 2. The minimum absolute atomic E-state index is 0.0278. The predicted octanol–water partition coefficient (Wildman–Crippen LogP) is 2.95. The minimum Gasteiger partial charge on any atom is -0.508 e. The first-order chi connectivity index (χ1) is 11.0. The van der Waals surface area contributed by atoms with Crippen LogP contribution in [0.1, 0.15) is 16.7 Å². The Morgan fingerprint density at radius 1 is 0.783 bits per heavy atom. The summed E-state index contributed by atoms with van der Waals surface area (Å²) in [5, 5.41) is 39.6. The zero-order valence-corrected chi connectivity index (χ0v) is 12.3. The Hall–Kier alpha value is -3.08. The summed E-state index contributed by atoms with van der Waals surface area (Å²) in [6.45, 7) is 0.347. The second-order valence-electron chi connectivity index (χ2n) is 5.41. The summed E-state index contributed by atoms with van der Waals surface area (Å²) in [6.07, 6.45) is 0.243. The fraction of sp³-hybridized carbons (Fsp3) is 0.111. The fourth-order valence-electron chi connectivity index (χ4n) is 2.54. The van der Waals surface area contributed by atoms with Gasteiger partial charge < -0.3 is 20.4 Å². The molecule has 5 nitrogen and oxygen atoms in total. The van der Waals surface area contributed by atoms with Gasteiger partial charge in [0.1, 0.15) is 11.5 Å². The Kier molecular flexibility index (Phi) is 3.85. The van der Waals surface area contributed by atoms with Gasteiger partial charge in [0.2, 0.25) is 0 Å². The Bertz CT molecular complexity index is 825. The molecule has 1 heterocycles. The topological polar surface area (TPSA) is 85.9 Å². The number of aromatic nitrogens is 1. The molecule has 0 unspecified atom stereocenters. The van der Waals surface area contributed by atoms with Crippen LogP contribution in [0.2, 0.25) is 0 Å². The molecule has 0 bridgehead atoms. The molecule has 4 N–H and O–H groups in total. The number of rotatable bonds is 4. The highest BCUT2D eigenvalue weighted by atomic mass is 16.3. The molecule has 0 radical (unpaired) electrons. The fourth-order valence-corrected chi connectivity index (χ4v) is 2.54. The normalized spacial score (nSPS) is 10.8. The maximum absolute atomic E-state index is 10.3. The molecule has 118 valence electrons. The van der Waals surface area contributed by atoms with Crippen LogP contribution < -0.4 is 0 Å². The van der Waals surface area contributed by atoms with Gasteiger partial charge in [-0.3, -0.25) is 4.57 Å². The van der Waals surface area contributed by atoms with Crippen LogP contribution in [0.15, 0.2) is 54.6 Å². The third kappa shape index (κ3) is 3.08. The van der Waals surface area contributed by atoms with Crippen LogP contribution in [0.25, 0.3) is 0 Å². The van der Waals surface area contributed by atoms with Crippen LogP contribution in [0.4, 0.5) is 0 Å². The van der Waals surface area contributed by atoms with Crippen LogP contribution in [0.3, 0.4) is 0 Å². The van der Waals surface area contributed by atoms with E-state index in [2.05, 4.69) is 0 Å². The van der Waals surface area contributed by atoms with Gasteiger partial charge in [-0.2, -0.15) is 0 Å². The summed E-state index contributed by atoms with van der Waals surface area (Å²) in [5.41, 5.74) is 2.00. The van der Waals surface area contributed by atoms with Crippen molar-refractivity contribution in [3.8, 4) is 23.3 Å². The maximum atomic E-state index is 10.3. The summed E-state index contributed by atoms with van der Waals surface area (Å²) < 4.78 is 1.40. The lowest BCUT2D eigenvalue weighted by Crippen LogP contribution is -1.98. The van der Waals surface area contributed by atoms with Crippen LogP contribution >= 0.6 is 0 Å². The lowest BCUT2D eigenvalue weighted by atomic mass is 10.1. The Morgan fingerprint density at radius 3 is 2.22 bits per heavy atom. The summed E-state index contributed by atoms with van der Waals surface area (Å²) in [5.74, 6) is -0.168. The van der Waals surface area contributed by atoms with Crippen molar-refractivity contribution >= 4 is 0 Å². The molecule has 0 aliphatic heterocycles. The smallest absolute Gasteiger partial charge is 0.197 e. The Balaban J connectivity index is 1.88. The van der Waals surface area contributed by atoms with E-state index in [0.29, 0.717) is 17.7 Å². The van der Waals surface area contributed by atoms with Crippen LogP contribution in [-0.4, -0.2) is 25.0 Å². The van der Waals surface area contributed by atoms with E-state index in [-0.39, 0.29) is 29.7 Å². The molecule has 0 spiro atoms. The highest BCUT2D eigenvalue weighted by Crippen LogP contribution is 2.33. The molecule has 0 aliphatic carbocycles. The molecule has 23 heavy (non-hydrogen) atoms. The number of benzene rings is 2. The van der Waals surface area contributed by atoms with Gasteiger partial charge in [-0.25, -0.2) is 0 Å². The van der Waals surface area contributed by atoms with Crippen molar-refractivity contribution in [2.45, 2.75) is 13.0 Å². The molecule has 0 amide bonds. The van der Waals surface area contributed by atoms with E-state index in [4.69, 9.17) is 0 Å². The van der Waals surface area contributed by atoms with E-state index >= 15 is 0 Å². The Labute approximate surface area is 133 Å². The van der Waals surface area contributed by atoms with Gasteiger partial charge in [0.25, 0.3) is 0 Å². The van der Waals surface area contributed by atoms with E-state index in [1.165, 1.54) is 22.8 Å². The van der Waals surface area contributed by atoms with Crippen molar-refractivity contribution < 1.29 is 20.4 Å². The van der Waals surface area contributed by atoms with Crippen molar-refractivity contribution in [3.05, 3.63) is 71.3 Å². The zero-order valence-electron chi connectivity index (χ0n) is 12.3. The van der Waals surface area contributed by atoms with Gasteiger partial charge >= 0.3 is 0 Å². The first-order valence-corrected chi connectivity index (χ1v) is 7.19. The van der Waals surface area contributed by atoms with Gasteiger partial charge in [-0.1, -0.05) is 36.4 Å². The van der Waals surface area contributed by atoms with Crippen molar-refractivity contribution in [1.82, 2.24) is 4.57 Å². The number of hydrogen-bond donors (Lipinski definition) is 4. The van der Waals surface area contributed by atoms with Gasteiger partial charge in [0.05, 0.1) is 6.54 Å². The van der Waals surface area contributed by atoms with Crippen molar-refractivity contribution in [2.75, 3.05) is 0 Å². The first-order valence-electron chi connectivity index (χ1n) is 7.19. The van der Waals surface area contributed by atoms with Gasteiger partial charge in [0.15, 0.2) is 11.8 Å². The number of aromatic hydroxyl groups is 4. The van der Waals surface area contributed by atoms with Crippen molar-refractivity contribution in [3.63, 3.8) is 0 Å². The number of hydrogen-bond acceptors (Lipinski definition) is 4. The molecule has 1 aromatic heterocycles. The van der Waals surface area contributed by atoms with E-state index in [9.17, 15) is 20.4 Å². The number of phenolic OH excluding ortho intramolecular Hbond substituents is 2. The molecular weight excluding hydrogens is 294 g/mol. The molecule has 0 saturated heterocycles. The van der Waals surface area contributed by atoms with Crippen LogP contribution in [0.5, 0.6) is 23.3 Å². The third-order valence-electron chi connectivity index (χ3n) is 3.76. The lowest BCUT2D eigenvalue weighted by Gasteiger charge is -2.08. The average molecular weight is 311 g/mol. The van der Waals surface area contributed by atoms with Crippen molar-refractivity contribution in [2.24, 2.45) is 0 Å². The largest absolute Gasteiger partial charge is 0.508 e. The molecule has 0 fully saturated rings. The second-order valence-corrected chi connectivity index (χ2v) is 5.41. The van der Waals surface area contributed by atoms with E-state index in [1.54, 1.807) is 6.07 Å². The highest BCUT2D eigenvalue weighted by Gasteiger charge is 2.16. The molecule has 0 aliphatic rings. The molecule has 5 heteroatoms. The molecule has 2 aromatic carbocycles. The molecule has 3 aromatic rings. The Morgan fingerprint density at radius 2 is 1.52 bits per heavy atom. The van der Waals surface area contributed by atoms with E-state index in [0.717, 1.165) is 5.56 Å². The standard InChI is InChI=1S/C18H17NO4/c20-15-7-6-13(16(21)10-15)8-14-9-17(22)19(18(14)23)11-12-4-2-1-3-5-12/h1-7,9-10,20-23H,8,11H2.